The summed E-state index contributed by atoms with van der Waals surface area (Å²) in [6, 6.07) is 17.2. The molecular formula is C25H25Cl2N3O3. The van der Waals surface area contributed by atoms with Crippen LogP contribution in [0.25, 0.3) is 16.9 Å². The lowest BCUT2D eigenvalue weighted by atomic mass is 10.1. The predicted molar refractivity (Wildman–Crippen MR) is 131 cm³/mol. The molecule has 2 amide bonds. The Labute approximate surface area is 203 Å². The molecule has 1 aromatic heterocycles. The number of hydrogen-bond donors (Lipinski definition) is 0. The molecule has 1 aliphatic rings. The minimum atomic E-state index is -0.101. The van der Waals surface area contributed by atoms with Gasteiger partial charge in [0.1, 0.15) is 11.6 Å². The zero-order chi connectivity index (χ0) is 23.5. The van der Waals surface area contributed by atoms with Crippen LogP contribution in [0, 0.1) is 6.92 Å². The molecule has 0 radical (unpaired) electrons. The van der Waals surface area contributed by atoms with Crippen molar-refractivity contribution in [1.82, 2.24) is 14.4 Å². The number of rotatable bonds is 5. The van der Waals surface area contributed by atoms with E-state index >= 15 is 0 Å². The number of carbonyl (C=O) groups excluding carboxylic acids is 2. The number of alkyl halides is 1. The number of piperazine rings is 1. The third kappa shape index (κ3) is 4.72. The molecule has 3 aromatic rings. The van der Waals surface area contributed by atoms with E-state index in [9.17, 15) is 9.59 Å². The molecule has 0 saturated carbocycles. The van der Waals surface area contributed by atoms with Crippen LogP contribution in [-0.2, 0) is 4.79 Å². The quantitative estimate of drug-likeness (QED) is 0.494. The normalized spacial score (nSPS) is 13.8. The Kier molecular flexibility index (Phi) is 6.96. The Balaban J connectivity index is 1.71. The number of ether oxygens (including phenoxy) is 1. The van der Waals surface area contributed by atoms with Crippen molar-refractivity contribution in [2.45, 2.75) is 6.92 Å². The molecule has 8 heteroatoms. The van der Waals surface area contributed by atoms with Crippen LogP contribution in [0.2, 0.25) is 5.02 Å². The molecular weight excluding hydrogens is 461 g/mol. The van der Waals surface area contributed by atoms with Gasteiger partial charge in [-0.3, -0.25) is 9.59 Å². The van der Waals surface area contributed by atoms with Crippen LogP contribution in [0.1, 0.15) is 16.1 Å². The number of nitrogens with zero attached hydrogens (tertiary/aromatic N) is 3. The van der Waals surface area contributed by atoms with Crippen LogP contribution < -0.4 is 4.74 Å². The van der Waals surface area contributed by atoms with E-state index in [0.717, 1.165) is 28.4 Å². The van der Waals surface area contributed by atoms with Gasteiger partial charge in [-0.15, -0.1) is 11.6 Å². The van der Waals surface area contributed by atoms with Crippen molar-refractivity contribution < 1.29 is 14.3 Å². The number of benzene rings is 2. The average Bonchev–Trinajstić information content (AvgIpc) is 3.20. The van der Waals surface area contributed by atoms with Gasteiger partial charge in [-0.1, -0.05) is 23.7 Å². The van der Waals surface area contributed by atoms with Gasteiger partial charge in [0.25, 0.3) is 5.91 Å². The van der Waals surface area contributed by atoms with Crippen molar-refractivity contribution in [1.29, 1.82) is 0 Å². The Morgan fingerprint density at radius 1 is 0.939 bits per heavy atom. The summed E-state index contributed by atoms with van der Waals surface area (Å²) in [6.45, 7) is 3.87. The van der Waals surface area contributed by atoms with Crippen molar-refractivity contribution in [2.75, 3.05) is 39.2 Å². The lowest BCUT2D eigenvalue weighted by Crippen LogP contribution is -2.51. The summed E-state index contributed by atoms with van der Waals surface area (Å²) in [6.07, 6.45) is 0. The second-order valence-electron chi connectivity index (χ2n) is 7.88. The molecule has 1 fully saturated rings. The van der Waals surface area contributed by atoms with Crippen LogP contribution in [0.5, 0.6) is 5.75 Å². The Morgan fingerprint density at radius 2 is 1.55 bits per heavy atom. The first-order chi connectivity index (χ1) is 15.9. The number of carbonyl (C=O) groups is 2. The molecule has 33 heavy (non-hydrogen) atoms. The van der Waals surface area contributed by atoms with Gasteiger partial charge in [0.2, 0.25) is 5.91 Å². The third-order valence-electron chi connectivity index (χ3n) is 5.98. The first-order valence-corrected chi connectivity index (χ1v) is 11.6. The highest BCUT2D eigenvalue weighted by Crippen LogP contribution is 2.32. The molecule has 172 valence electrons. The monoisotopic (exact) mass is 485 g/mol. The van der Waals surface area contributed by atoms with Crippen molar-refractivity contribution >= 4 is 35.0 Å². The molecule has 0 unspecified atom stereocenters. The first-order valence-electron chi connectivity index (χ1n) is 10.7. The molecule has 2 heterocycles. The number of hydrogen-bond acceptors (Lipinski definition) is 3. The van der Waals surface area contributed by atoms with Gasteiger partial charge in [-0.2, -0.15) is 0 Å². The molecule has 0 aliphatic carbocycles. The highest BCUT2D eigenvalue weighted by molar-refractivity contribution is 6.30. The highest BCUT2D eigenvalue weighted by Gasteiger charge is 2.27. The predicted octanol–water partition coefficient (Wildman–Crippen LogP) is 4.64. The van der Waals surface area contributed by atoms with Crippen LogP contribution in [0.3, 0.4) is 0 Å². The summed E-state index contributed by atoms with van der Waals surface area (Å²) in [5.74, 6) is 0.572. The number of halogens is 2. The zero-order valence-corrected chi connectivity index (χ0v) is 20.1. The fourth-order valence-electron chi connectivity index (χ4n) is 4.13. The molecule has 0 atom stereocenters. The largest absolute Gasteiger partial charge is 0.497 e. The molecule has 4 rings (SSSR count). The molecule has 1 saturated heterocycles. The summed E-state index contributed by atoms with van der Waals surface area (Å²) in [5, 5.41) is 0.652. The SMILES string of the molecule is COc1ccc(-n2c(-c3ccc(Cl)cc3)cc(C(=O)N3CCN(C(=O)CCl)CC3)c2C)cc1. The maximum absolute atomic E-state index is 13.5. The molecule has 0 bridgehead atoms. The summed E-state index contributed by atoms with van der Waals surface area (Å²) >= 11 is 11.8. The Bertz CT molecular complexity index is 1150. The fourth-order valence-corrected chi connectivity index (χ4v) is 4.43. The van der Waals surface area contributed by atoms with E-state index in [4.69, 9.17) is 27.9 Å². The lowest BCUT2D eigenvalue weighted by molar-refractivity contribution is -0.129. The summed E-state index contributed by atoms with van der Waals surface area (Å²) in [7, 11) is 1.63. The van der Waals surface area contributed by atoms with E-state index in [0.29, 0.717) is 36.8 Å². The number of amides is 2. The maximum atomic E-state index is 13.5. The van der Waals surface area contributed by atoms with Gasteiger partial charge >= 0.3 is 0 Å². The van der Waals surface area contributed by atoms with Gasteiger partial charge in [-0.05, 0) is 55.0 Å². The van der Waals surface area contributed by atoms with Crippen molar-refractivity contribution in [2.24, 2.45) is 0 Å². The fraction of sp³-hybridized carbons (Fsp3) is 0.280. The molecule has 6 nitrogen and oxygen atoms in total. The highest BCUT2D eigenvalue weighted by atomic mass is 35.5. The van der Waals surface area contributed by atoms with Crippen LogP contribution in [0.4, 0.5) is 0 Å². The third-order valence-corrected chi connectivity index (χ3v) is 6.46. The molecule has 1 aliphatic heterocycles. The standard InChI is InChI=1S/C25H25Cl2N3O3/c1-17-22(25(32)29-13-11-28(12-14-29)24(31)16-26)15-23(18-3-5-19(27)6-4-18)30(17)20-7-9-21(33-2)10-8-20/h3-10,15H,11-14,16H2,1-2H3. The molecule has 2 aromatic carbocycles. The summed E-state index contributed by atoms with van der Waals surface area (Å²) in [5.41, 5.74) is 4.25. The van der Waals surface area contributed by atoms with Gasteiger partial charge in [0, 0.05) is 42.6 Å². The van der Waals surface area contributed by atoms with E-state index in [-0.39, 0.29) is 17.7 Å². The number of methoxy groups -OCH3 is 1. The van der Waals surface area contributed by atoms with Crippen LogP contribution >= 0.6 is 23.2 Å². The minimum absolute atomic E-state index is 0.0395. The Morgan fingerprint density at radius 3 is 2.12 bits per heavy atom. The van der Waals surface area contributed by atoms with Crippen LogP contribution in [0.15, 0.2) is 54.6 Å². The average molecular weight is 486 g/mol. The van der Waals surface area contributed by atoms with E-state index < -0.39 is 0 Å². The van der Waals surface area contributed by atoms with Crippen molar-refractivity contribution in [3.05, 3.63) is 70.9 Å². The van der Waals surface area contributed by atoms with E-state index in [1.807, 2.05) is 61.5 Å². The van der Waals surface area contributed by atoms with Gasteiger partial charge in [0.05, 0.1) is 18.4 Å². The minimum Gasteiger partial charge on any atom is -0.497 e. The second-order valence-corrected chi connectivity index (χ2v) is 8.58. The van der Waals surface area contributed by atoms with Crippen LogP contribution in [-0.4, -0.2) is 65.4 Å². The first kappa shape index (κ1) is 23.2. The van der Waals surface area contributed by atoms with E-state index in [1.54, 1.807) is 16.9 Å². The zero-order valence-electron chi connectivity index (χ0n) is 18.6. The van der Waals surface area contributed by atoms with Crippen molar-refractivity contribution in [3.63, 3.8) is 0 Å². The van der Waals surface area contributed by atoms with Gasteiger partial charge < -0.3 is 19.1 Å². The van der Waals surface area contributed by atoms with E-state index in [2.05, 4.69) is 4.57 Å². The number of aromatic nitrogens is 1. The summed E-state index contributed by atoms with van der Waals surface area (Å²) < 4.78 is 7.37. The second kappa shape index (κ2) is 9.89. The Hall–Kier alpha value is -2.96. The topological polar surface area (TPSA) is 54.8 Å². The maximum Gasteiger partial charge on any atom is 0.255 e. The summed E-state index contributed by atoms with van der Waals surface area (Å²) in [4.78, 5) is 28.9. The lowest BCUT2D eigenvalue weighted by Gasteiger charge is -2.34. The van der Waals surface area contributed by atoms with E-state index in [1.165, 1.54) is 0 Å². The molecule has 0 spiro atoms. The smallest absolute Gasteiger partial charge is 0.255 e. The molecule has 0 N–H and O–H groups in total. The van der Waals surface area contributed by atoms with Crippen molar-refractivity contribution in [3.8, 4) is 22.7 Å². The van der Waals surface area contributed by atoms with Gasteiger partial charge in [0.15, 0.2) is 0 Å². The van der Waals surface area contributed by atoms with Gasteiger partial charge in [-0.25, -0.2) is 0 Å².